The number of rotatable bonds is 7. The first kappa shape index (κ1) is 17.9. The summed E-state index contributed by atoms with van der Waals surface area (Å²) < 4.78 is 60.8. The molecule has 2 rings (SSSR count). The molecule has 23 heavy (non-hydrogen) atoms. The molecule has 0 saturated carbocycles. The molecule has 10 heteroatoms. The quantitative estimate of drug-likeness (QED) is 0.481. The molecule has 0 bridgehead atoms. The van der Waals surface area contributed by atoms with Gasteiger partial charge in [-0.1, -0.05) is 12.1 Å². The van der Waals surface area contributed by atoms with E-state index in [9.17, 15) is 21.6 Å². The Kier molecular flexibility index (Phi) is 5.74. The number of morpholine rings is 1. The van der Waals surface area contributed by atoms with Crippen LogP contribution in [0, 0.1) is 0 Å². The molecule has 8 nitrogen and oxygen atoms in total. The normalized spacial score (nSPS) is 16.9. The lowest BCUT2D eigenvalue weighted by molar-refractivity contribution is -0.128. The summed E-state index contributed by atoms with van der Waals surface area (Å²) in [6.45, 7) is 0.683. The molecule has 0 N–H and O–H groups in total. The molecule has 0 spiro atoms. The first-order chi connectivity index (χ1) is 10.9. The standard InChI is InChI=1S/C13H17NO7S2/c15-11-21-9-10-22(16,17)12-3-1-2-4-13(12)23(18,19)14-5-7-20-8-6-14/h1-4,11H,5-10H2. The first-order valence-electron chi connectivity index (χ1n) is 6.84. The van der Waals surface area contributed by atoms with Gasteiger partial charge in [-0.15, -0.1) is 0 Å². The topological polar surface area (TPSA) is 107 Å². The molecule has 1 aromatic carbocycles. The number of hydrogen-bond acceptors (Lipinski definition) is 7. The highest BCUT2D eigenvalue weighted by Gasteiger charge is 2.32. The van der Waals surface area contributed by atoms with E-state index in [1.54, 1.807) is 0 Å². The highest BCUT2D eigenvalue weighted by atomic mass is 32.2. The van der Waals surface area contributed by atoms with E-state index in [2.05, 4.69) is 4.74 Å². The lowest BCUT2D eigenvalue weighted by Crippen LogP contribution is -2.41. The van der Waals surface area contributed by atoms with Crippen LogP contribution in [0.3, 0.4) is 0 Å². The van der Waals surface area contributed by atoms with Crippen molar-refractivity contribution in [3.05, 3.63) is 24.3 Å². The zero-order valence-corrected chi connectivity index (χ0v) is 13.9. The van der Waals surface area contributed by atoms with Crippen LogP contribution >= 0.6 is 0 Å². The molecular formula is C13H17NO7S2. The van der Waals surface area contributed by atoms with Crippen molar-refractivity contribution in [1.82, 2.24) is 4.31 Å². The van der Waals surface area contributed by atoms with Crippen molar-refractivity contribution < 1.29 is 31.1 Å². The van der Waals surface area contributed by atoms with Gasteiger partial charge in [-0.3, -0.25) is 4.79 Å². The second-order valence-corrected chi connectivity index (χ2v) is 8.73. The van der Waals surface area contributed by atoms with Gasteiger partial charge in [-0.25, -0.2) is 16.8 Å². The van der Waals surface area contributed by atoms with Crippen molar-refractivity contribution in [2.24, 2.45) is 0 Å². The fourth-order valence-corrected chi connectivity index (χ4v) is 5.54. The summed E-state index contributed by atoms with van der Waals surface area (Å²) in [6, 6.07) is 5.42. The van der Waals surface area contributed by atoms with Gasteiger partial charge < -0.3 is 9.47 Å². The van der Waals surface area contributed by atoms with E-state index in [0.717, 1.165) is 0 Å². The Morgan fingerprint density at radius 1 is 1.09 bits per heavy atom. The van der Waals surface area contributed by atoms with Gasteiger partial charge in [-0.2, -0.15) is 4.31 Å². The van der Waals surface area contributed by atoms with Crippen LogP contribution in [0.15, 0.2) is 34.1 Å². The number of carbonyl (C=O) groups is 1. The molecule has 1 aliphatic rings. The fraction of sp³-hybridized carbons (Fsp3) is 0.462. The van der Waals surface area contributed by atoms with Gasteiger partial charge in [-0.05, 0) is 12.1 Å². The third-order valence-electron chi connectivity index (χ3n) is 3.31. The van der Waals surface area contributed by atoms with Crippen molar-refractivity contribution in [3.8, 4) is 0 Å². The average Bonchev–Trinajstić information content (AvgIpc) is 2.56. The highest BCUT2D eigenvalue weighted by molar-refractivity contribution is 7.93. The molecule has 0 aromatic heterocycles. The van der Waals surface area contributed by atoms with Crippen molar-refractivity contribution >= 4 is 26.3 Å². The molecule has 1 heterocycles. The van der Waals surface area contributed by atoms with Gasteiger partial charge in [0.15, 0.2) is 9.84 Å². The van der Waals surface area contributed by atoms with Crippen molar-refractivity contribution in [1.29, 1.82) is 0 Å². The molecular weight excluding hydrogens is 346 g/mol. The third kappa shape index (κ3) is 4.08. The predicted octanol–water partition coefficient (Wildman–Crippen LogP) is -0.346. The number of carbonyl (C=O) groups excluding carboxylic acids is 1. The van der Waals surface area contributed by atoms with Crippen molar-refractivity contribution in [2.45, 2.75) is 9.79 Å². The largest absolute Gasteiger partial charge is 0.467 e. The van der Waals surface area contributed by atoms with Crippen molar-refractivity contribution in [3.63, 3.8) is 0 Å². The van der Waals surface area contributed by atoms with E-state index in [4.69, 9.17) is 4.74 Å². The van der Waals surface area contributed by atoms with E-state index in [1.807, 2.05) is 0 Å². The van der Waals surface area contributed by atoms with Crippen LogP contribution < -0.4 is 0 Å². The van der Waals surface area contributed by atoms with Crippen LogP contribution in [0.4, 0.5) is 0 Å². The van der Waals surface area contributed by atoms with Crippen LogP contribution in [-0.4, -0.2) is 66.3 Å². The lowest BCUT2D eigenvalue weighted by Gasteiger charge is -2.26. The van der Waals surface area contributed by atoms with E-state index in [1.165, 1.54) is 28.6 Å². The summed E-state index contributed by atoms with van der Waals surface area (Å²) in [5.74, 6) is -0.485. The van der Waals surface area contributed by atoms with E-state index < -0.39 is 25.6 Å². The molecule has 1 saturated heterocycles. The summed E-state index contributed by atoms with van der Waals surface area (Å²) >= 11 is 0. The molecule has 0 atom stereocenters. The van der Waals surface area contributed by atoms with Crippen LogP contribution in [0.25, 0.3) is 0 Å². The fourth-order valence-electron chi connectivity index (χ4n) is 2.16. The monoisotopic (exact) mass is 363 g/mol. The summed E-state index contributed by atoms with van der Waals surface area (Å²) in [5, 5.41) is 0. The molecule has 1 aromatic rings. The van der Waals surface area contributed by atoms with Crippen LogP contribution in [0.5, 0.6) is 0 Å². The number of benzene rings is 1. The van der Waals surface area contributed by atoms with Crippen LogP contribution in [0.1, 0.15) is 0 Å². The molecule has 0 radical (unpaired) electrons. The van der Waals surface area contributed by atoms with Crippen LogP contribution in [-0.2, 0) is 34.1 Å². The Morgan fingerprint density at radius 3 is 2.30 bits per heavy atom. The number of hydrogen-bond donors (Lipinski definition) is 0. The summed E-state index contributed by atoms with van der Waals surface area (Å²) in [4.78, 5) is 9.57. The number of ether oxygens (including phenoxy) is 2. The molecule has 1 aliphatic heterocycles. The Hall–Kier alpha value is -1.49. The van der Waals surface area contributed by atoms with E-state index in [0.29, 0.717) is 0 Å². The number of sulfonamides is 1. The third-order valence-corrected chi connectivity index (χ3v) is 7.13. The number of sulfone groups is 1. The molecule has 0 aliphatic carbocycles. The van der Waals surface area contributed by atoms with Gasteiger partial charge in [0, 0.05) is 13.1 Å². The highest BCUT2D eigenvalue weighted by Crippen LogP contribution is 2.25. The Bertz CT molecular complexity index is 752. The zero-order valence-electron chi connectivity index (χ0n) is 12.3. The smallest absolute Gasteiger partial charge is 0.293 e. The summed E-state index contributed by atoms with van der Waals surface area (Å²) in [5.41, 5.74) is 0. The Morgan fingerprint density at radius 2 is 1.70 bits per heavy atom. The lowest BCUT2D eigenvalue weighted by atomic mass is 10.4. The minimum atomic E-state index is -3.94. The van der Waals surface area contributed by atoms with Gasteiger partial charge in [0.1, 0.15) is 11.5 Å². The van der Waals surface area contributed by atoms with E-state index in [-0.39, 0.29) is 49.2 Å². The van der Waals surface area contributed by atoms with Gasteiger partial charge in [0.25, 0.3) is 6.47 Å². The SMILES string of the molecule is O=COCCS(=O)(=O)c1ccccc1S(=O)(=O)N1CCOCC1. The first-order valence-corrected chi connectivity index (χ1v) is 9.94. The Labute approximate surface area is 135 Å². The maximum Gasteiger partial charge on any atom is 0.293 e. The molecule has 1 fully saturated rings. The minimum Gasteiger partial charge on any atom is -0.467 e. The Balaban J connectivity index is 2.38. The predicted molar refractivity (Wildman–Crippen MR) is 80.1 cm³/mol. The van der Waals surface area contributed by atoms with Gasteiger partial charge >= 0.3 is 0 Å². The van der Waals surface area contributed by atoms with E-state index >= 15 is 0 Å². The second kappa shape index (κ2) is 7.39. The zero-order chi connectivity index (χ0) is 16.9. The van der Waals surface area contributed by atoms with Crippen molar-refractivity contribution in [2.75, 3.05) is 38.7 Å². The minimum absolute atomic E-state index is 0.145. The summed E-state index contributed by atoms with van der Waals surface area (Å²) in [6.07, 6.45) is 0. The van der Waals surface area contributed by atoms with Crippen LogP contribution in [0.2, 0.25) is 0 Å². The maximum atomic E-state index is 12.7. The molecule has 0 unspecified atom stereocenters. The average molecular weight is 363 g/mol. The number of nitrogens with zero attached hydrogens (tertiary/aromatic N) is 1. The van der Waals surface area contributed by atoms with Gasteiger partial charge in [0.05, 0.1) is 23.9 Å². The van der Waals surface area contributed by atoms with Gasteiger partial charge in [0.2, 0.25) is 10.0 Å². The summed E-state index contributed by atoms with van der Waals surface area (Å²) in [7, 11) is -7.85. The molecule has 0 amide bonds. The maximum absolute atomic E-state index is 12.7. The second-order valence-electron chi connectivity index (χ2n) is 4.75. The molecule has 128 valence electrons.